The quantitative estimate of drug-likeness (QED) is 0.778. The van der Waals surface area contributed by atoms with Crippen LogP contribution in [0.5, 0.6) is 0 Å². The molecule has 0 aromatic carbocycles. The molecule has 0 aliphatic carbocycles. The van der Waals surface area contributed by atoms with Gasteiger partial charge in [-0.3, -0.25) is 4.98 Å². The first-order chi connectivity index (χ1) is 5.74. The van der Waals surface area contributed by atoms with Crippen molar-refractivity contribution in [3.05, 3.63) is 16.6 Å². The Morgan fingerprint density at radius 1 is 1.67 bits per heavy atom. The molecule has 0 bridgehead atoms. The Labute approximate surface area is 77.8 Å². The van der Waals surface area contributed by atoms with Gasteiger partial charge in [-0.2, -0.15) is 0 Å². The number of thiazole rings is 1. The summed E-state index contributed by atoms with van der Waals surface area (Å²) in [5, 5.41) is 0. The molecular weight excluding hydrogens is 168 g/mol. The van der Waals surface area contributed by atoms with Crippen LogP contribution in [-0.2, 0) is 6.42 Å². The molecule has 68 valence electrons. The Morgan fingerprint density at radius 3 is 2.92 bits per heavy atom. The molecule has 1 rings (SSSR count). The predicted octanol–water partition coefficient (Wildman–Crippen LogP) is 2.06. The van der Waals surface area contributed by atoms with Crippen LogP contribution in [0.3, 0.4) is 0 Å². The molecule has 1 aromatic heterocycles. The predicted molar refractivity (Wildman–Crippen MR) is 53.2 cm³/mol. The third-order valence-corrected chi connectivity index (χ3v) is 3.10. The van der Waals surface area contributed by atoms with Crippen molar-refractivity contribution in [2.75, 3.05) is 0 Å². The van der Waals surface area contributed by atoms with E-state index in [1.165, 1.54) is 4.88 Å². The van der Waals surface area contributed by atoms with Crippen LogP contribution in [0, 0.1) is 5.92 Å². The Kier molecular flexibility index (Phi) is 3.69. The van der Waals surface area contributed by atoms with Gasteiger partial charge in [0.1, 0.15) is 0 Å². The van der Waals surface area contributed by atoms with Crippen LogP contribution in [0.4, 0.5) is 0 Å². The molecule has 12 heavy (non-hydrogen) atoms. The van der Waals surface area contributed by atoms with Gasteiger partial charge >= 0.3 is 0 Å². The van der Waals surface area contributed by atoms with Gasteiger partial charge in [-0.05, 0) is 12.3 Å². The molecular formula is C9H16N2S. The monoisotopic (exact) mass is 184 g/mol. The van der Waals surface area contributed by atoms with Crippen LogP contribution in [0.25, 0.3) is 0 Å². The Balaban J connectivity index is 2.41. The summed E-state index contributed by atoms with van der Waals surface area (Å²) in [7, 11) is 0. The molecule has 1 aromatic rings. The lowest BCUT2D eigenvalue weighted by atomic mass is 9.97. The summed E-state index contributed by atoms with van der Waals surface area (Å²) in [6.45, 7) is 4.38. The lowest BCUT2D eigenvalue weighted by Gasteiger charge is -2.16. The van der Waals surface area contributed by atoms with Crippen LogP contribution < -0.4 is 5.73 Å². The fourth-order valence-electron chi connectivity index (χ4n) is 1.08. The maximum Gasteiger partial charge on any atom is 0.0794 e. The Hall–Kier alpha value is -0.410. The Morgan fingerprint density at radius 2 is 2.42 bits per heavy atom. The van der Waals surface area contributed by atoms with E-state index in [1.54, 1.807) is 11.3 Å². The number of hydrogen-bond acceptors (Lipinski definition) is 3. The van der Waals surface area contributed by atoms with E-state index < -0.39 is 0 Å². The van der Waals surface area contributed by atoms with Crippen molar-refractivity contribution in [2.45, 2.75) is 32.7 Å². The van der Waals surface area contributed by atoms with Crippen LogP contribution in [-0.4, -0.2) is 11.0 Å². The summed E-state index contributed by atoms with van der Waals surface area (Å²) in [5.41, 5.74) is 7.86. The summed E-state index contributed by atoms with van der Waals surface area (Å²) in [4.78, 5) is 5.32. The minimum Gasteiger partial charge on any atom is -0.327 e. The first-order valence-electron chi connectivity index (χ1n) is 4.37. The van der Waals surface area contributed by atoms with Crippen LogP contribution in [0.2, 0.25) is 0 Å². The van der Waals surface area contributed by atoms with Crippen LogP contribution in [0.15, 0.2) is 11.7 Å². The molecule has 0 amide bonds. The lowest BCUT2D eigenvalue weighted by Crippen LogP contribution is -2.29. The van der Waals surface area contributed by atoms with Crippen LogP contribution >= 0.6 is 11.3 Å². The second kappa shape index (κ2) is 4.58. The standard InChI is InChI=1S/C9H16N2S/c1-3-7(2)9(10)4-8-5-11-6-12-8/h5-7,9H,3-4,10H2,1-2H3. The van der Waals surface area contributed by atoms with Gasteiger partial charge in [0.05, 0.1) is 5.51 Å². The van der Waals surface area contributed by atoms with E-state index >= 15 is 0 Å². The largest absolute Gasteiger partial charge is 0.327 e. The molecule has 0 aliphatic heterocycles. The minimum absolute atomic E-state index is 0.287. The third kappa shape index (κ3) is 2.57. The molecule has 0 aliphatic rings. The number of nitrogens with two attached hydrogens (primary N) is 1. The number of rotatable bonds is 4. The molecule has 0 saturated heterocycles. The fourth-order valence-corrected chi connectivity index (χ4v) is 1.75. The summed E-state index contributed by atoms with van der Waals surface area (Å²) >= 11 is 1.69. The SMILES string of the molecule is CCC(C)C(N)Cc1cncs1. The minimum atomic E-state index is 0.287. The van der Waals surface area contributed by atoms with E-state index in [1.807, 2.05) is 11.7 Å². The molecule has 2 nitrogen and oxygen atoms in total. The summed E-state index contributed by atoms with van der Waals surface area (Å²) in [6, 6.07) is 0.287. The first-order valence-corrected chi connectivity index (χ1v) is 5.25. The normalized spacial score (nSPS) is 15.9. The fraction of sp³-hybridized carbons (Fsp3) is 0.667. The second-order valence-corrected chi connectivity index (χ2v) is 4.19. The zero-order chi connectivity index (χ0) is 8.97. The lowest BCUT2D eigenvalue weighted by molar-refractivity contribution is 0.442. The van der Waals surface area contributed by atoms with Crippen molar-refractivity contribution in [3.8, 4) is 0 Å². The van der Waals surface area contributed by atoms with Crippen molar-refractivity contribution in [2.24, 2.45) is 11.7 Å². The Bertz CT molecular complexity index is 208. The highest BCUT2D eigenvalue weighted by molar-refractivity contribution is 7.09. The maximum atomic E-state index is 6.00. The van der Waals surface area contributed by atoms with E-state index in [0.29, 0.717) is 5.92 Å². The van der Waals surface area contributed by atoms with Gasteiger partial charge < -0.3 is 5.73 Å². The second-order valence-electron chi connectivity index (χ2n) is 3.22. The molecule has 1 heterocycles. The van der Waals surface area contributed by atoms with Crippen molar-refractivity contribution >= 4 is 11.3 Å². The van der Waals surface area contributed by atoms with Crippen LogP contribution in [0.1, 0.15) is 25.1 Å². The van der Waals surface area contributed by atoms with Gasteiger partial charge in [0.25, 0.3) is 0 Å². The highest BCUT2D eigenvalue weighted by atomic mass is 32.1. The van der Waals surface area contributed by atoms with Gasteiger partial charge in [0, 0.05) is 17.1 Å². The van der Waals surface area contributed by atoms with E-state index in [4.69, 9.17) is 5.73 Å². The molecule has 0 saturated carbocycles. The number of nitrogens with zero attached hydrogens (tertiary/aromatic N) is 1. The zero-order valence-electron chi connectivity index (χ0n) is 7.66. The molecule has 2 unspecified atom stereocenters. The molecule has 0 spiro atoms. The van der Waals surface area contributed by atoms with E-state index in [-0.39, 0.29) is 6.04 Å². The molecule has 3 heteroatoms. The topological polar surface area (TPSA) is 38.9 Å². The molecule has 0 radical (unpaired) electrons. The zero-order valence-corrected chi connectivity index (χ0v) is 8.47. The van der Waals surface area contributed by atoms with Gasteiger partial charge in [-0.1, -0.05) is 20.3 Å². The van der Waals surface area contributed by atoms with Gasteiger partial charge in [0.2, 0.25) is 0 Å². The van der Waals surface area contributed by atoms with Gasteiger partial charge in [-0.25, -0.2) is 0 Å². The van der Waals surface area contributed by atoms with Gasteiger partial charge in [-0.15, -0.1) is 11.3 Å². The van der Waals surface area contributed by atoms with E-state index in [0.717, 1.165) is 12.8 Å². The molecule has 0 fully saturated rings. The summed E-state index contributed by atoms with van der Waals surface area (Å²) in [5.74, 6) is 0.604. The number of hydrogen-bond donors (Lipinski definition) is 1. The van der Waals surface area contributed by atoms with Crippen molar-refractivity contribution in [3.63, 3.8) is 0 Å². The summed E-state index contributed by atoms with van der Waals surface area (Å²) < 4.78 is 0. The summed E-state index contributed by atoms with van der Waals surface area (Å²) in [6.07, 6.45) is 4.03. The highest BCUT2D eigenvalue weighted by Gasteiger charge is 2.11. The van der Waals surface area contributed by atoms with Gasteiger partial charge in [0.15, 0.2) is 0 Å². The average molecular weight is 184 g/mol. The van der Waals surface area contributed by atoms with Crippen molar-refractivity contribution in [1.29, 1.82) is 0 Å². The van der Waals surface area contributed by atoms with Crippen molar-refractivity contribution < 1.29 is 0 Å². The van der Waals surface area contributed by atoms with E-state index in [9.17, 15) is 0 Å². The maximum absolute atomic E-state index is 6.00. The third-order valence-electron chi connectivity index (χ3n) is 2.30. The molecule has 2 atom stereocenters. The highest BCUT2D eigenvalue weighted by Crippen LogP contribution is 2.13. The van der Waals surface area contributed by atoms with Crippen molar-refractivity contribution in [1.82, 2.24) is 4.98 Å². The first kappa shape index (κ1) is 9.68. The van der Waals surface area contributed by atoms with E-state index in [2.05, 4.69) is 18.8 Å². The number of aromatic nitrogens is 1. The average Bonchev–Trinajstić information content (AvgIpc) is 2.55. The smallest absolute Gasteiger partial charge is 0.0794 e. The molecule has 2 N–H and O–H groups in total.